The third-order valence-electron chi connectivity index (χ3n) is 7.19. The normalized spacial score (nSPS) is 24.9. The zero-order valence-electron chi connectivity index (χ0n) is 18.7. The molecule has 11 heteroatoms. The number of alkyl halides is 2. The Labute approximate surface area is 198 Å². The first-order chi connectivity index (χ1) is 16.6. The Morgan fingerprint density at radius 1 is 1.20 bits per heavy atom. The fourth-order valence-electron chi connectivity index (χ4n) is 4.87. The Balaban J connectivity index is 1.27. The first kappa shape index (κ1) is 23.2. The van der Waals surface area contributed by atoms with E-state index in [-0.39, 0.29) is 35.5 Å². The molecule has 3 fully saturated rings. The lowest BCUT2D eigenvalue weighted by molar-refractivity contribution is -0.125. The minimum absolute atomic E-state index is 0.0281. The number of hydrogen-bond donors (Lipinski definition) is 4. The van der Waals surface area contributed by atoms with Crippen LogP contribution < -0.4 is 16.0 Å². The lowest BCUT2D eigenvalue weighted by atomic mass is 9.95. The Kier molecular flexibility index (Phi) is 5.49. The van der Waals surface area contributed by atoms with Crippen molar-refractivity contribution < 1.29 is 27.6 Å². The van der Waals surface area contributed by atoms with Crippen LogP contribution in [0.3, 0.4) is 0 Å². The maximum atomic E-state index is 14.0. The van der Waals surface area contributed by atoms with Crippen LogP contribution in [0.5, 0.6) is 0 Å². The van der Waals surface area contributed by atoms with Crippen LogP contribution in [0, 0.1) is 29.0 Å². The minimum Gasteiger partial charge on any atom is -0.350 e. The van der Waals surface area contributed by atoms with Gasteiger partial charge in [0.1, 0.15) is 23.6 Å². The van der Waals surface area contributed by atoms with E-state index in [4.69, 9.17) is 0 Å². The lowest BCUT2D eigenvalue weighted by Crippen LogP contribution is -2.50. The summed E-state index contributed by atoms with van der Waals surface area (Å²) in [6, 6.07) is 5.31. The molecule has 3 aliphatic rings. The van der Waals surface area contributed by atoms with E-state index in [2.05, 4.69) is 20.9 Å². The van der Waals surface area contributed by atoms with Gasteiger partial charge in [-0.2, -0.15) is 5.26 Å². The van der Waals surface area contributed by atoms with Gasteiger partial charge in [-0.3, -0.25) is 14.4 Å². The molecule has 1 saturated heterocycles. The van der Waals surface area contributed by atoms with Gasteiger partial charge in [0.05, 0.1) is 11.6 Å². The van der Waals surface area contributed by atoms with E-state index >= 15 is 0 Å². The number of carbonyl (C=O) groups excluding carboxylic acids is 3. The molecule has 35 heavy (non-hydrogen) atoms. The zero-order chi connectivity index (χ0) is 25.0. The van der Waals surface area contributed by atoms with Gasteiger partial charge in [-0.15, -0.1) is 0 Å². The van der Waals surface area contributed by atoms with Crippen LogP contribution in [0.15, 0.2) is 24.3 Å². The predicted octanol–water partition coefficient (Wildman–Crippen LogP) is 2.52. The number of rotatable bonds is 8. The van der Waals surface area contributed by atoms with Crippen LogP contribution in [0.2, 0.25) is 0 Å². The molecule has 1 aromatic heterocycles. The average molecular weight is 487 g/mol. The molecule has 184 valence electrons. The zero-order valence-corrected chi connectivity index (χ0v) is 18.7. The number of halogens is 3. The molecule has 1 aliphatic heterocycles. The van der Waals surface area contributed by atoms with Crippen molar-refractivity contribution in [2.24, 2.45) is 11.8 Å². The summed E-state index contributed by atoms with van der Waals surface area (Å²) in [6.45, 7) is 0. The molecule has 2 saturated carbocycles. The largest absolute Gasteiger partial charge is 0.350 e. The molecule has 5 rings (SSSR count). The standard InChI is InChI=1S/C24H24F3N5O3/c25-16-3-1-2-12-7-17(30-19(12)16)22(35)31-18(8-14-10-24(14,26)27)21(34)29-15(11-28)6-13-9-23(4-5-23)32-20(13)33/h1-3,7,13-15,18,30H,4-6,8-10H2,(H,29,34)(H,31,35)(H,32,33)/t13-,14?,15+,18+/m1/s1. The number of hydrogen-bond acceptors (Lipinski definition) is 4. The van der Waals surface area contributed by atoms with Crippen LogP contribution in [0.1, 0.15) is 49.0 Å². The van der Waals surface area contributed by atoms with E-state index in [0.29, 0.717) is 11.8 Å². The topological polar surface area (TPSA) is 127 Å². The summed E-state index contributed by atoms with van der Waals surface area (Å²) in [5.74, 6) is -6.68. The van der Waals surface area contributed by atoms with Crippen LogP contribution in [0.4, 0.5) is 13.2 Å². The smallest absolute Gasteiger partial charge is 0.268 e. The Hall–Kier alpha value is -3.55. The van der Waals surface area contributed by atoms with E-state index in [9.17, 15) is 32.8 Å². The van der Waals surface area contributed by atoms with E-state index < -0.39 is 53.9 Å². The summed E-state index contributed by atoms with van der Waals surface area (Å²) < 4.78 is 41.2. The van der Waals surface area contributed by atoms with Crippen molar-refractivity contribution >= 4 is 28.6 Å². The molecular formula is C24H24F3N5O3. The van der Waals surface area contributed by atoms with Gasteiger partial charge in [0.15, 0.2) is 0 Å². The fraction of sp³-hybridized carbons (Fsp3) is 0.500. The van der Waals surface area contributed by atoms with Gasteiger partial charge in [-0.1, -0.05) is 12.1 Å². The summed E-state index contributed by atoms with van der Waals surface area (Å²) in [4.78, 5) is 40.7. The highest BCUT2D eigenvalue weighted by Gasteiger charge is 2.57. The molecule has 4 N–H and O–H groups in total. The molecule has 2 aromatic rings. The van der Waals surface area contributed by atoms with Crippen molar-refractivity contribution in [2.45, 2.75) is 62.1 Å². The molecule has 1 spiro atoms. The maximum absolute atomic E-state index is 14.0. The Bertz CT molecular complexity index is 1250. The predicted molar refractivity (Wildman–Crippen MR) is 118 cm³/mol. The third kappa shape index (κ3) is 4.70. The number of fused-ring (bicyclic) bond motifs is 1. The summed E-state index contributed by atoms with van der Waals surface area (Å²) in [7, 11) is 0. The number of para-hydroxylation sites is 1. The number of amides is 3. The lowest BCUT2D eigenvalue weighted by Gasteiger charge is -2.21. The number of H-pyrrole nitrogens is 1. The molecule has 4 atom stereocenters. The third-order valence-corrected chi connectivity index (χ3v) is 7.19. The summed E-state index contributed by atoms with van der Waals surface area (Å²) in [6.07, 6.45) is 1.75. The summed E-state index contributed by atoms with van der Waals surface area (Å²) in [5.41, 5.74) is -0.0985. The van der Waals surface area contributed by atoms with E-state index in [1.165, 1.54) is 18.2 Å². The number of nitrogens with one attached hydrogen (secondary N) is 4. The van der Waals surface area contributed by atoms with Gasteiger partial charge in [-0.05, 0) is 44.2 Å². The maximum Gasteiger partial charge on any atom is 0.268 e. The van der Waals surface area contributed by atoms with Gasteiger partial charge in [0.2, 0.25) is 11.8 Å². The highest BCUT2D eigenvalue weighted by atomic mass is 19.3. The van der Waals surface area contributed by atoms with E-state index in [0.717, 1.165) is 12.8 Å². The number of nitriles is 1. The molecule has 8 nitrogen and oxygen atoms in total. The van der Waals surface area contributed by atoms with Crippen LogP contribution in [0.25, 0.3) is 10.9 Å². The van der Waals surface area contributed by atoms with Gasteiger partial charge in [0, 0.05) is 29.2 Å². The first-order valence-corrected chi connectivity index (χ1v) is 11.6. The second-order valence-electron chi connectivity index (χ2n) is 9.91. The number of aromatic amines is 1. The van der Waals surface area contributed by atoms with Crippen LogP contribution >= 0.6 is 0 Å². The first-order valence-electron chi connectivity index (χ1n) is 11.6. The van der Waals surface area contributed by atoms with Crippen molar-refractivity contribution in [2.75, 3.05) is 0 Å². The molecule has 1 unspecified atom stereocenters. The van der Waals surface area contributed by atoms with E-state index in [1.54, 1.807) is 6.07 Å². The quantitative estimate of drug-likeness (QED) is 0.456. The number of benzene rings is 1. The molecular weight excluding hydrogens is 463 g/mol. The molecule has 2 heterocycles. The van der Waals surface area contributed by atoms with Crippen molar-refractivity contribution in [3.05, 3.63) is 35.8 Å². The highest BCUT2D eigenvalue weighted by molar-refractivity contribution is 6.00. The fourth-order valence-corrected chi connectivity index (χ4v) is 4.87. The number of carbonyl (C=O) groups is 3. The van der Waals surface area contributed by atoms with Crippen molar-refractivity contribution in [3.8, 4) is 6.07 Å². The average Bonchev–Trinajstić information content (AvgIpc) is 3.56. The monoisotopic (exact) mass is 487 g/mol. The summed E-state index contributed by atoms with van der Waals surface area (Å²) >= 11 is 0. The molecule has 0 radical (unpaired) electrons. The second kappa shape index (κ2) is 8.29. The molecule has 0 bridgehead atoms. The second-order valence-corrected chi connectivity index (χ2v) is 9.91. The number of nitrogens with zero attached hydrogens (tertiary/aromatic N) is 1. The van der Waals surface area contributed by atoms with Crippen molar-refractivity contribution in [1.82, 2.24) is 20.9 Å². The molecule has 2 aliphatic carbocycles. The molecule has 3 amide bonds. The minimum atomic E-state index is -2.91. The SMILES string of the molecule is N#C[C@H](C[C@@H]1CC2(CC2)NC1=O)NC(=O)[C@H](CC1CC1(F)F)NC(=O)c1cc2cccc(F)c2[nH]1. The van der Waals surface area contributed by atoms with Gasteiger partial charge < -0.3 is 20.9 Å². The van der Waals surface area contributed by atoms with Gasteiger partial charge in [0.25, 0.3) is 11.8 Å². The van der Waals surface area contributed by atoms with Crippen molar-refractivity contribution in [3.63, 3.8) is 0 Å². The Morgan fingerprint density at radius 2 is 1.94 bits per heavy atom. The van der Waals surface area contributed by atoms with Gasteiger partial charge in [-0.25, -0.2) is 13.2 Å². The van der Waals surface area contributed by atoms with E-state index in [1.807, 2.05) is 6.07 Å². The Morgan fingerprint density at radius 3 is 2.54 bits per heavy atom. The molecule has 1 aromatic carbocycles. The highest BCUT2D eigenvalue weighted by Crippen LogP contribution is 2.51. The number of aromatic nitrogens is 1. The van der Waals surface area contributed by atoms with Crippen LogP contribution in [-0.2, 0) is 9.59 Å². The van der Waals surface area contributed by atoms with Crippen LogP contribution in [-0.4, -0.2) is 46.3 Å². The van der Waals surface area contributed by atoms with Crippen molar-refractivity contribution in [1.29, 1.82) is 5.26 Å². The summed E-state index contributed by atoms with van der Waals surface area (Å²) in [5, 5.41) is 17.9. The van der Waals surface area contributed by atoms with Gasteiger partial charge >= 0.3 is 0 Å².